The normalized spacial score (nSPS) is 16.5. The quantitative estimate of drug-likeness (QED) is 0.892. The van der Waals surface area contributed by atoms with E-state index in [1.54, 1.807) is 12.4 Å². The summed E-state index contributed by atoms with van der Waals surface area (Å²) in [7, 11) is 0. The third kappa shape index (κ3) is 2.29. The zero-order valence-electron chi connectivity index (χ0n) is 10.3. The average Bonchev–Trinajstić information content (AvgIpc) is 2.84. The second kappa shape index (κ2) is 4.91. The molecule has 18 heavy (non-hydrogen) atoms. The highest BCUT2D eigenvalue weighted by Crippen LogP contribution is 2.29. The van der Waals surface area contributed by atoms with Crippen molar-refractivity contribution in [3.8, 4) is 0 Å². The topological polar surface area (TPSA) is 33.1 Å². The Morgan fingerprint density at radius 3 is 2.28 bits per heavy atom. The Morgan fingerprint density at radius 1 is 1.06 bits per heavy atom. The van der Waals surface area contributed by atoms with Crippen LogP contribution in [0, 0.1) is 5.92 Å². The molecule has 1 aliphatic carbocycles. The van der Waals surface area contributed by atoms with Crippen molar-refractivity contribution in [2.45, 2.75) is 25.4 Å². The lowest BCUT2D eigenvalue weighted by Gasteiger charge is -2.17. The van der Waals surface area contributed by atoms with Gasteiger partial charge in [-0.05, 0) is 54.0 Å². The molecule has 1 aliphatic rings. The van der Waals surface area contributed by atoms with Crippen LogP contribution in [-0.4, -0.2) is 16.2 Å². The van der Waals surface area contributed by atoms with E-state index in [1.165, 1.54) is 11.1 Å². The Morgan fingerprint density at radius 2 is 1.67 bits per heavy atom. The number of hydrogen-bond donors (Lipinski definition) is 1. The molecular weight excluding hydrogens is 222 g/mol. The predicted octanol–water partition coefficient (Wildman–Crippen LogP) is 2.40. The molecule has 0 amide bonds. The second-order valence-corrected chi connectivity index (χ2v) is 5.06. The van der Waals surface area contributed by atoms with Crippen molar-refractivity contribution < 1.29 is 5.11 Å². The van der Waals surface area contributed by atoms with Crippen LogP contribution < -0.4 is 0 Å². The number of nitrogens with zero attached hydrogens (tertiary/aromatic N) is 1. The van der Waals surface area contributed by atoms with Crippen LogP contribution in [0.1, 0.15) is 16.7 Å². The molecule has 0 bridgehead atoms. The summed E-state index contributed by atoms with van der Waals surface area (Å²) in [6, 6.07) is 12.5. The van der Waals surface area contributed by atoms with Crippen LogP contribution in [0.5, 0.6) is 0 Å². The molecule has 0 radical (unpaired) electrons. The van der Waals surface area contributed by atoms with Gasteiger partial charge in [-0.1, -0.05) is 24.3 Å². The van der Waals surface area contributed by atoms with E-state index in [4.69, 9.17) is 0 Å². The third-order valence-electron chi connectivity index (χ3n) is 3.82. The Bertz CT molecular complexity index is 499. The largest absolute Gasteiger partial charge is 0.392 e. The van der Waals surface area contributed by atoms with E-state index in [2.05, 4.69) is 29.2 Å². The van der Waals surface area contributed by atoms with Crippen LogP contribution in [0.4, 0.5) is 0 Å². The van der Waals surface area contributed by atoms with Gasteiger partial charge in [0, 0.05) is 12.4 Å². The molecule has 1 aromatic heterocycles. The maximum atomic E-state index is 10.4. The highest BCUT2D eigenvalue weighted by Gasteiger charge is 2.27. The van der Waals surface area contributed by atoms with Crippen LogP contribution in [-0.2, 0) is 19.3 Å². The number of hydrogen-bond acceptors (Lipinski definition) is 2. The third-order valence-corrected chi connectivity index (χ3v) is 3.82. The molecule has 0 fully saturated rings. The number of benzene rings is 1. The van der Waals surface area contributed by atoms with Crippen molar-refractivity contribution in [2.75, 3.05) is 0 Å². The molecule has 1 unspecified atom stereocenters. The van der Waals surface area contributed by atoms with Gasteiger partial charge in [0.2, 0.25) is 0 Å². The van der Waals surface area contributed by atoms with Crippen LogP contribution in [0.3, 0.4) is 0 Å². The maximum Gasteiger partial charge on any atom is 0.0615 e. The highest BCUT2D eigenvalue weighted by molar-refractivity contribution is 5.32. The minimum atomic E-state index is -0.264. The minimum Gasteiger partial charge on any atom is -0.392 e. The molecule has 1 heterocycles. The molecule has 0 aliphatic heterocycles. The number of aliphatic hydroxyl groups is 1. The van der Waals surface area contributed by atoms with E-state index in [9.17, 15) is 5.11 Å². The average molecular weight is 239 g/mol. The molecule has 92 valence electrons. The zero-order chi connectivity index (χ0) is 12.4. The summed E-state index contributed by atoms with van der Waals surface area (Å²) >= 11 is 0. The molecule has 0 spiro atoms. The zero-order valence-corrected chi connectivity index (χ0v) is 10.3. The fraction of sp³-hybridized carbons (Fsp3) is 0.312. The van der Waals surface area contributed by atoms with Crippen LogP contribution in [0.15, 0.2) is 48.8 Å². The first kappa shape index (κ1) is 11.4. The number of aliphatic hydroxyl groups excluding tert-OH is 1. The van der Waals surface area contributed by atoms with Gasteiger partial charge in [0.1, 0.15) is 0 Å². The van der Waals surface area contributed by atoms with E-state index < -0.39 is 0 Å². The standard InChI is InChI=1S/C16H17NO/c18-16(9-12-5-7-17-8-6-12)15-10-13-3-1-2-4-14(13)11-15/h1-8,15-16,18H,9-11H2. The number of pyridine rings is 1. The van der Waals surface area contributed by atoms with Crippen molar-refractivity contribution in [2.24, 2.45) is 5.92 Å². The van der Waals surface area contributed by atoms with Crippen molar-refractivity contribution in [1.82, 2.24) is 4.98 Å². The van der Waals surface area contributed by atoms with E-state index >= 15 is 0 Å². The summed E-state index contributed by atoms with van der Waals surface area (Å²) in [6.45, 7) is 0. The fourth-order valence-electron chi connectivity index (χ4n) is 2.79. The van der Waals surface area contributed by atoms with Crippen molar-refractivity contribution >= 4 is 0 Å². The van der Waals surface area contributed by atoms with Gasteiger partial charge in [-0.2, -0.15) is 0 Å². The molecule has 1 atom stereocenters. The lowest BCUT2D eigenvalue weighted by molar-refractivity contribution is 0.113. The molecule has 0 saturated heterocycles. The van der Waals surface area contributed by atoms with E-state index in [0.717, 1.165) is 24.8 Å². The van der Waals surface area contributed by atoms with Gasteiger partial charge in [-0.3, -0.25) is 4.98 Å². The summed E-state index contributed by atoms with van der Waals surface area (Å²) in [5.74, 6) is 0.357. The summed E-state index contributed by atoms with van der Waals surface area (Å²) in [4.78, 5) is 4.00. The Hall–Kier alpha value is -1.67. The summed E-state index contributed by atoms with van der Waals surface area (Å²) < 4.78 is 0. The van der Waals surface area contributed by atoms with Gasteiger partial charge in [0.15, 0.2) is 0 Å². The van der Waals surface area contributed by atoms with E-state index in [0.29, 0.717) is 5.92 Å². The van der Waals surface area contributed by atoms with Crippen molar-refractivity contribution in [3.63, 3.8) is 0 Å². The van der Waals surface area contributed by atoms with Crippen LogP contribution in [0.25, 0.3) is 0 Å². The molecule has 3 rings (SSSR count). The SMILES string of the molecule is OC(Cc1ccncc1)C1Cc2ccccc2C1. The Balaban J connectivity index is 1.67. The summed E-state index contributed by atoms with van der Waals surface area (Å²) in [5, 5.41) is 10.4. The van der Waals surface area contributed by atoms with Gasteiger partial charge in [-0.25, -0.2) is 0 Å². The number of aromatic nitrogens is 1. The lowest BCUT2D eigenvalue weighted by atomic mass is 9.94. The Labute approximate surface area is 107 Å². The first-order valence-corrected chi connectivity index (χ1v) is 6.46. The number of fused-ring (bicyclic) bond motifs is 1. The predicted molar refractivity (Wildman–Crippen MR) is 71.3 cm³/mol. The second-order valence-electron chi connectivity index (χ2n) is 5.06. The molecule has 2 aromatic rings. The van der Waals surface area contributed by atoms with Crippen LogP contribution >= 0.6 is 0 Å². The minimum absolute atomic E-state index is 0.264. The van der Waals surface area contributed by atoms with Crippen molar-refractivity contribution in [3.05, 3.63) is 65.5 Å². The summed E-state index contributed by atoms with van der Waals surface area (Å²) in [5.41, 5.74) is 3.96. The first-order valence-electron chi connectivity index (χ1n) is 6.46. The van der Waals surface area contributed by atoms with Crippen molar-refractivity contribution in [1.29, 1.82) is 0 Å². The van der Waals surface area contributed by atoms with Gasteiger partial charge in [0.05, 0.1) is 6.10 Å². The smallest absolute Gasteiger partial charge is 0.0615 e. The van der Waals surface area contributed by atoms with Gasteiger partial charge in [-0.15, -0.1) is 0 Å². The van der Waals surface area contributed by atoms with Crippen LogP contribution in [0.2, 0.25) is 0 Å². The molecular formula is C16H17NO. The monoisotopic (exact) mass is 239 g/mol. The molecule has 1 aromatic carbocycles. The highest BCUT2D eigenvalue weighted by atomic mass is 16.3. The summed E-state index contributed by atoms with van der Waals surface area (Å²) in [6.07, 6.45) is 6.03. The Kier molecular flexibility index (Phi) is 3.11. The first-order chi connectivity index (χ1) is 8.83. The molecule has 2 heteroatoms. The van der Waals surface area contributed by atoms with E-state index in [1.807, 2.05) is 12.1 Å². The van der Waals surface area contributed by atoms with E-state index in [-0.39, 0.29) is 6.10 Å². The maximum absolute atomic E-state index is 10.4. The molecule has 2 nitrogen and oxygen atoms in total. The number of rotatable bonds is 3. The van der Waals surface area contributed by atoms with Gasteiger partial charge in [0.25, 0.3) is 0 Å². The van der Waals surface area contributed by atoms with Gasteiger partial charge < -0.3 is 5.11 Å². The van der Waals surface area contributed by atoms with Gasteiger partial charge >= 0.3 is 0 Å². The fourth-order valence-corrected chi connectivity index (χ4v) is 2.79. The molecule has 1 N–H and O–H groups in total. The lowest BCUT2D eigenvalue weighted by Crippen LogP contribution is -2.23. The molecule has 0 saturated carbocycles.